The van der Waals surface area contributed by atoms with E-state index in [-0.39, 0.29) is 55.7 Å². The van der Waals surface area contributed by atoms with Gasteiger partial charge in [-0.05, 0) is 12.0 Å². The van der Waals surface area contributed by atoms with Crippen LogP contribution >= 0.6 is 36.4 Å². The maximum atomic E-state index is 11.6. The van der Waals surface area contributed by atoms with E-state index >= 15 is 0 Å². The van der Waals surface area contributed by atoms with Crippen molar-refractivity contribution in [3.8, 4) is 5.88 Å². The van der Waals surface area contributed by atoms with Crippen molar-refractivity contribution in [2.75, 3.05) is 19.7 Å². The summed E-state index contributed by atoms with van der Waals surface area (Å²) in [5, 5.41) is 5.62. The van der Waals surface area contributed by atoms with Gasteiger partial charge in [0.2, 0.25) is 17.7 Å². The van der Waals surface area contributed by atoms with Crippen LogP contribution in [0, 0.1) is 5.92 Å². The van der Waals surface area contributed by atoms with Crippen LogP contribution in [0.25, 0.3) is 0 Å². The summed E-state index contributed by atoms with van der Waals surface area (Å²) in [6, 6.07) is 2.68. The summed E-state index contributed by atoms with van der Waals surface area (Å²) < 4.78 is 5.31. The topological polar surface area (TPSA) is 106 Å². The van der Waals surface area contributed by atoms with Gasteiger partial charge in [-0.3, -0.25) is 9.59 Å². The van der Waals surface area contributed by atoms with Crippen LogP contribution in [0.1, 0.15) is 13.8 Å². The largest absolute Gasteiger partial charge is 0.476 e. The minimum absolute atomic E-state index is 0. The average molecular weight is 402 g/mol. The van der Waals surface area contributed by atoms with Gasteiger partial charge in [0.1, 0.15) is 6.61 Å². The number of hydrogen-bond acceptors (Lipinski definition) is 5. The molecule has 1 rings (SSSR count). The Morgan fingerprint density at radius 1 is 1.29 bits per heavy atom. The second-order valence-electron chi connectivity index (χ2n) is 5.00. The van der Waals surface area contributed by atoms with Gasteiger partial charge in [0, 0.05) is 12.3 Å². The monoisotopic (exact) mass is 400 g/mol. The van der Waals surface area contributed by atoms with Gasteiger partial charge in [0.05, 0.1) is 24.2 Å². The molecule has 138 valence electrons. The lowest BCUT2D eigenvalue weighted by atomic mass is 10.1. The molecule has 1 heterocycles. The molecule has 0 bridgehead atoms. The zero-order valence-corrected chi connectivity index (χ0v) is 15.8. The summed E-state index contributed by atoms with van der Waals surface area (Å²) in [7, 11) is 0. The smallest absolute Gasteiger partial charge is 0.239 e. The standard InChI is InChI=1S/C14H21ClN4O3.2ClH/c1-9(2)13(16)14(21)19-8-11(20)17-5-6-22-12-4-3-10(15)7-18-12;;/h3-4,7,9,13H,5-6,8,16H2,1-2H3,(H,17,20)(H,19,21);2*1H/t13-;;/m0../s1. The number of nitrogens with two attached hydrogens (primary N) is 1. The summed E-state index contributed by atoms with van der Waals surface area (Å²) in [4.78, 5) is 27.1. The fourth-order valence-corrected chi connectivity index (χ4v) is 1.56. The van der Waals surface area contributed by atoms with Crippen LogP contribution in [0.5, 0.6) is 5.88 Å². The first-order valence-electron chi connectivity index (χ1n) is 6.94. The van der Waals surface area contributed by atoms with E-state index in [1.807, 2.05) is 13.8 Å². The third-order valence-corrected chi connectivity index (χ3v) is 3.04. The van der Waals surface area contributed by atoms with E-state index in [4.69, 9.17) is 22.1 Å². The first-order valence-corrected chi connectivity index (χ1v) is 7.32. The quantitative estimate of drug-likeness (QED) is 0.567. The highest BCUT2D eigenvalue weighted by Gasteiger charge is 2.17. The van der Waals surface area contributed by atoms with Gasteiger partial charge in [0.15, 0.2) is 0 Å². The zero-order valence-electron chi connectivity index (χ0n) is 13.5. The molecule has 1 aromatic rings. The molecule has 0 aliphatic carbocycles. The Balaban J connectivity index is 0. The zero-order chi connectivity index (χ0) is 16.5. The summed E-state index contributed by atoms with van der Waals surface area (Å²) in [6.07, 6.45) is 1.48. The number of aromatic nitrogens is 1. The Hall–Kier alpha value is -1.28. The molecule has 0 saturated carbocycles. The van der Waals surface area contributed by atoms with Crippen LogP contribution in [0.2, 0.25) is 5.02 Å². The molecule has 4 N–H and O–H groups in total. The molecule has 24 heavy (non-hydrogen) atoms. The molecule has 1 aromatic heterocycles. The molecule has 0 aromatic carbocycles. The number of carbonyl (C=O) groups is 2. The van der Waals surface area contributed by atoms with Crippen LogP contribution in [0.4, 0.5) is 0 Å². The second-order valence-corrected chi connectivity index (χ2v) is 5.44. The molecule has 0 fully saturated rings. The van der Waals surface area contributed by atoms with Crippen molar-refractivity contribution < 1.29 is 14.3 Å². The number of hydrogen-bond donors (Lipinski definition) is 3. The SMILES string of the molecule is CC(C)[C@H](N)C(=O)NCC(=O)NCCOc1ccc(Cl)cn1.Cl.Cl. The molecule has 0 radical (unpaired) electrons. The fourth-order valence-electron chi connectivity index (χ4n) is 1.44. The molecule has 2 amide bonds. The second kappa shape index (κ2) is 13.1. The molecule has 0 aliphatic rings. The number of nitrogens with one attached hydrogen (secondary N) is 2. The van der Waals surface area contributed by atoms with E-state index in [9.17, 15) is 9.59 Å². The van der Waals surface area contributed by atoms with Crippen molar-refractivity contribution in [3.63, 3.8) is 0 Å². The van der Waals surface area contributed by atoms with E-state index in [1.165, 1.54) is 6.20 Å². The number of nitrogens with zero attached hydrogens (tertiary/aromatic N) is 1. The highest BCUT2D eigenvalue weighted by molar-refractivity contribution is 6.30. The average Bonchev–Trinajstić information content (AvgIpc) is 2.50. The summed E-state index contributed by atoms with van der Waals surface area (Å²) in [5.41, 5.74) is 5.66. The van der Waals surface area contributed by atoms with E-state index in [0.29, 0.717) is 17.4 Å². The van der Waals surface area contributed by atoms with Crippen molar-refractivity contribution in [1.82, 2.24) is 15.6 Å². The lowest BCUT2D eigenvalue weighted by molar-refractivity contribution is -0.127. The van der Waals surface area contributed by atoms with Crippen LogP contribution in [0.3, 0.4) is 0 Å². The molecular formula is C14H23Cl3N4O3. The van der Waals surface area contributed by atoms with Gasteiger partial charge < -0.3 is 21.1 Å². The van der Waals surface area contributed by atoms with Gasteiger partial charge in [-0.1, -0.05) is 25.4 Å². The lowest BCUT2D eigenvalue weighted by Gasteiger charge is -2.15. The Labute approximate surface area is 158 Å². The van der Waals surface area contributed by atoms with Crippen molar-refractivity contribution in [2.45, 2.75) is 19.9 Å². The lowest BCUT2D eigenvalue weighted by Crippen LogP contribution is -2.47. The number of carbonyl (C=O) groups excluding carboxylic acids is 2. The Kier molecular flexibility index (Phi) is 13.6. The van der Waals surface area contributed by atoms with Crippen LogP contribution in [-0.4, -0.2) is 42.5 Å². The van der Waals surface area contributed by atoms with Gasteiger partial charge in [-0.25, -0.2) is 4.98 Å². The van der Waals surface area contributed by atoms with Crippen LogP contribution < -0.4 is 21.1 Å². The third-order valence-electron chi connectivity index (χ3n) is 2.82. The minimum atomic E-state index is -0.618. The third kappa shape index (κ3) is 9.77. The van der Waals surface area contributed by atoms with Crippen molar-refractivity contribution in [1.29, 1.82) is 0 Å². The van der Waals surface area contributed by atoms with Gasteiger partial charge in [0.25, 0.3) is 0 Å². The van der Waals surface area contributed by atoms with E-state index in [0.717, 1.165) is 0 Å². The Bertz CT molecular complexity index is 501. The molecule has 7 nitrogen and oxygen atoms in total. The normalized spacial score (nSPS) is 10.9. The molecule has 0 aliphatic heterocycles. The fraction of sp³-hybridized carbons (Fsp3) is 0.500. The number of halogens is 3. The highest BCUT2D eigenvalue weighted by Crippen LogP contribution is 2.10. The number of ether oxygens (including phenoxy) is 1. The van der Waals surface area contributed by atoms with E-state index in [1.54, 1.807) is 12.1 Å². The maximum Gasteiger partial charge on any atom is 0.239 e. The molecule has 0 unspecified atom stereocenters. The first-order chi connectivity index (χ1) is 10.4. The minimum Gasteiger partial charge on any atom is -0.476 e. The predicted octanol–water partition coefficient (Wildman–Crippen LogP) is 1.17. The van der Waals surface area contributed by atoms with Gasteiger partial charge >= 0.3 is 0 Å². The molecule has 10 heteroatoms. The number of amides is 2. The van der Waals surface area contributed by atoms with Gasteiger partial charge in [-0.2, -0.15) is 0 Å². The van der Waals surface area contributed by atoms with Crippen molar-refractivity contribution >= 4 is 48.2 Å². The maximum absolute atomic E-state index is 11.6. The molecule has 0 saturated heterocycles. The van der Waals surface area contributed by atoms with Crippen LogP contribution in [-0.2, 0) is 9.59 Å². The summed E-state index contributed by atoms with van der Waals surface area (Å²) in [5.74, 6) is -0.207. The highest BCUT2D eigenvalue weighted by atomic mass is 35.5. The van der Waals surface area contributed by atoms with Crippen molar-refractivity contribution in [2.24, 2.45) is 11.7 Å². The summed E-state index contributed by atoms with van der Waals surface area (Å²) in [6.45, 7) is 4.13. The molecule has 0 spiro atoms. The Morgan fingerprint density at radius 3 is 2.50 bits per heavy atom. The number of rotatable bonds is 8. The Morgan fingerprint density at radius 2 is 1.96 bits per heavy atom. The first kappa shape index (κ1) is 25.0. The van der Waals surface area contributed by atoms with E-state index in [2.05, 4.69) is 15.6 Å². The molecule has 1 atom stereocenters. The molecular weight excluding hydrogens is 379 g/mol. The van der Waals surface area contributed by atoms with Gasteiger partial charge in [-0.15, -0.1) is 24.8 Å². The summed E-state index contributed by atoms with van der Waals surface area (Å²) >= 11 is 5.70. The predicted molar refractivity (Wildman–Crippen MR) is 98.1 cm³/mol. The number of pyridine rings is 1. The van der Waals surface area contributed by atoms with Crippen molar-refractivity contribution in [3.05, 3.63) is 23.4 Å². The van der Waals surface area contributed by atoms with Crippen LogP contribution in [0.15, 0.2) is 18.3 Å². The van der Waals surface area contributed by atoms with E-state index < -0.39 is 6.04 Å².